The number of carbonyl (C=O) groups excluding carboxylic acids is 2. The summed E-state index contributed by atoms with van der Waals surface area (Å²) in [6.45, 7) is 1.74. The van der Waals surface area contributed by atoms with E-state index in [0.717, 1.165) is 0 Å². The Morgan fingerprint density at radius 1 is 1.10 bits per heavy atom. The van der Waals surface area contributed by atoms with Gasteiger partial charge in [-0.1, -0.05) is 42.5 Å². The van der Waals surface area contributed by atoms with Crippen LogP contribution in [0.5, 0.6) is 0 Å². The number of carboxylic acid groups (broad SMARTS) is 1. The van der Waals surface area contributed by atoms with Crippen LogP contribution in [0.15, 0.2) is 54.6 Å². The van der Waals surface area contributed by atoms with Gasteiger partial charge in [-0.3, -0.25) is 19.7 Å². The molecular formula is C21H22N2O7. The molecule has 2 aromatic rings. The average molecular weight is 414 g/mol. The molecule has 0 heterocycles. The molecule has 0 aliphatic heterocycles. The van der Waals surface area contributed by atoms with Crippen LogP contribution in [-0.2, 0) is 25.5 Å². The largest absolute Gasteiger partial charge is 0.480 e. The molecule has 0 spiro atoms. The predicted octanol–water partition coefficient (Wildman–Crippen LogP) is 2.44. The minimum atomic E-state index is -1.42. The fourth-order valence-electron chi connectivity index (χ4n) is 3.01. The highest BCUT2D eigenvalue weighted by molar-refractivity contribution is 5.86. The van der Waals surface area contributed by atoms with Crippen LogP contribution in [0.3, 0.4) is 0 Å². The molecule has 30 heavy (non-hydrogen) atoms. The SMILES string of the molecule is CCOC(=O)C[C@@H](c1ccc([N+](=O)[O-])cc1)[C@@H](NC(=O)Cc1ccccc1)C(=O)O. The number of nitro benzene ring substituents is 1. The molecule has 0 saturated carbocycles. The second-order valence-corrected chi connectivity index (χ2v) is 6.51. The standard InChI is InChI=1S/C21H22N2O7/c1-2-30-19(25)13-17(15-8-10-16(11-9-15)23(28)29)20(21(26)27)22-18(24)12-14-6-4-3-5-7-14/h3-11,17,20H,2,12-13H2,1H3,(H,22,24)(H,26,27)/t17-,20+/m0/s1. The Morgan fingerprint density at radius 3 is 2.27 bits per heavy atom. The van der Waals surface area contributed by atoms with Crippen molar-refractivity contribution in [1.29, 1.82) is 0 Å². The fourth-order valence-corrected chi connectivity index (χ4v) is 3.01. The van der Waals surface area contributed by atoms with Gasteiger partial charge in [-0.05, 0) is 18.1 Å². The lowest BCUT2D eigenvalue weighted by atomic mass is 9.88. The van der Waals surface area contributed by atoms with Crippen molar-refractivity contribution in [2.24, 2.45) is 0 Å². The lowest BCUT2D eigenvalue weighted by molar-refractivity contribution is -0.384. The van der Waals surface area contributed by atoms with Crippen molar-refractivity contribution in [2.75, 3.05) is 6.61 Å². The molecule has 0 radical (unpaired) electrons. The zero-order chi connectivity index (χ0) is 22.1. The summed E-state index contributed by atoms with van der Waals surface area (Å²) in [5.41, 5.74) is 0.895. The van der Waals surface area contributed by atoms with Crippen LogP contribution in [-0.4, -0.2) is 40.5 Å². The highest BCUT2D eigenvalue weighted by Crippen LogP contribution is 2.27. The highest BCUT2D eigenvalue weighted by atomic mass is 16.6. The number of carbonyl (C=O) groups is 3. The van der Waals surface area contributed by atoms with Crippen molar-refractivity contribution in [2.45, 2.75) is 31.7 Å². The average Bonchev–Trinajstić information content (AvgIpc) is 2.71. The van der Waals surface area contributed by atoms with Gasteiger partial charge in [0.15, 0.2) is 0 Å². The number of esters is 1. The number of amides is 1. The number of nitrogens with zero attached hydrogens (tertiary/aromatic N) is 1. The summed E-state index contributed by atoms with van der Waals surface area (Å²) in [4.78, 5) is 46.8. The van der Waals surface area contributed by atoms with E-state index in [4.69, 9.17) is 4.74 Å². The summed E-state index contributed by atoms with van der Waals surface area (Å²) in [5, 5.41) is 23.1. The van der Waals surface area contributed by atoms with Gasteiger partial charge in [0.05, 0.1) is 24.4 Å². The Morgan fingerprint density at radius 2 is 1.73 bits per heavy atom. The Hall–Kier alpha value is -3.75. The summed E-state index contributed by atoms with van der Waals surface area (Å²) < 4.78 is 4.93. The first kappa shape index (κ1) is 22.5. The lowest BCUT2D eigenvalue weighted by Crippen LogP contribution is -2.46. The van der Waals surface area contributed by atoms with Gasteiger partial charge in [-0.25, -0.2) is 4.79 Å². The van der Waals surface area contributed by atoms with Crippen LogP contribution >= 0.6 is 0 Å². The maximum atomic E-state index is 12.4. The van der Waals surface area contributed by atoms with Crippen molar-refractivity contribution < 1.29 is 29.2 Å². The second kappa shape index (κ2) is 10.7. The summed E-state index contributed by atoms with van der Waals surface area (Å²) in [7, 11) is 0. The second-order valence-electron chi connectivity index (χ2n) is 6.51. The molecule has 0 aliphatic rings. The number of hydrogen-bond donors (Lipinski definition) is 2. The molecule has 9 nitrogen and oxygen atoms in total. The topological polar surface area (TPSA) is 136 Å². The van der Waals surface area contributed by atoms with Gasteiger partial charge >= 0.3 is 11.9 Å². The Labute approximate surface area is 172 Å². The van der Waals surface area contributed by atoms with Crippen molar-refractivity contribution >= 4 is 23.5 Å². The third-order valence-corrected chi connectivity index (χ3v) is 4.42. The number of hydrogen-bond acceptors (Lipinski definition) is 6. The monoisotopic (exact) mass is 414 g/mol. The minimum absolute atomic E-state index is 0.0307. The van der Waals surface area contributed by atoms with E-state index in [-0.39, 0.29) is 25.1 Å². The number of nitro groups is 1. The Balaban J connectivity index is 2.28. The van der Waals surface area contributed by atoms with Crippen molar-refractivity contribution in [3.8, 4) is 0 Å². The first-order valence-corrected chi connectivity index (χ1v) is 9.27. The van der Waals surface area contributed by atoms with Crippen LogP contribution in [0.4, 0.5) is 5.69 Å². The van der Waals surface area contributed by atoms with Gasteiger partial charge in [0.2, 0.25) is 5.91 Å². The van der Waals surface area contributed by atoms with E-state index < -0.39 is 34.7 Å². The molecule has 0 saturated heterocycles. The number of aliphatic carboxylic acids is 1. The van der Waals surface area contributed by atoms with Crippen LogP contribution in [0, 0.1) is 10.1 Å². The molecule has 2 atom stereocenters. The maximum absolute atomic E-state index is 12.4. The molecule has 2 rings (SSSR count). The number of nitrogens with one attached hydrogen (secondary N) is 1. The van der Waals surface area contributed by atoms with Crippen molar-refractivity contribution in [3.05, 3.63) is 75.8 Å². The molecule has 1 amide bonds. The molecule has 0 bridgehead atoms. The van der Waals surface area contributed by atoms with Crippen LogP contribution < -0.4 is 5.32 Å². The number of carboxylic acids is 1. The summed E-state index contributed by atoms with van der Waals surface area (Å²) in [6.07, 6.45) is -0.342. The lowest BCUT2D eigenvalue weighted by Gasteiger charge is -2.25. The van der Waals surface area contributed by atoms with E-state index >= 15 is 0 Å². The molecule has 9 heteroatoms. The van der Waals surface area contributed by atoms with Crippen LogP contribution in [0.2, 0.25) is 0 Å². The van der Waals surface area contributed by atoms with E-state index in [1.165, 1.54) is 24.3 Å². The van der Waals surface area contributed by atoms with Gasteiger partial charge in [-0.15, -0.1) is 0 Å². The fraction of sp³-hybridized carbons (Fsp3) is 0.286. The first-order chi connectivity index (χ1) is 14.3. The summed E-state index contributed by atoms with van der Waals surface area (Å²) in [5.74, 6) is -3.46. The molecule has 0 aromatic heterocycles. The van der Waals surface area contributed by atoms with Gasteiger partial charge in [0.25, 0.3) is 5.69 Å². The number of benzene rings is 2. The smallest absolute Gasteiger partial charge is 0.326 e. The van der Waals surface area contributed by atoms with Crippen molar-refractivity contribution in [3.63, 3.8) is 0 Å². The molecule has 0 aliphatic carbocycles. The van der Waals surface area contributed by atoms with Gasteiger partial charge in [0, 0.05) is 18.1 Å². The Bertz CT molecular complexity index is 897. The predicted molar refractivity (Wildman–Crippen MR) is 107 cm³/mol. The number of rotatable bonds is 10. The molecular weight excluding hydrogens is 392 g/mol. The van der Waals surface area contributed by atoms with Gasteiger partial charge in [-0.2, -0.15) is 0 Å². The van der Waals surface area contributed by atoms with Crippen LogP contribution in [0.1, 0.15) is 30.4 Å². The molecule has 0 fully saturated rings. The van der Waals surface area contributed by atoms with E-state index in [0.29, 0.717) is 11.1 Å². The quantitative estimate of drug-likeness (QED) is 0.346. The molecule has 0 unspecified atom stereocenters. The van der Waals surface area contributed by atoms with E-state index in [9.17, 15) is 29.6 Å². The summed E-state index contributed by atoms with van der Waals surface area (Å²) in [6, 6.07) is 12.6. The minimum Gasteiger partial charge on any atom is -0.480 e. The van der Waals surface area contributed by atoms with E-state index in [1.807, 2.05) is 0 Å². The zero-order valence-corrected chi connectivity index (χ0v) is 16.3. The van der Waals surface area contributed by atoms with Gasteiger partial charge in [0.1, 0.15) is 6.04 Å². The van der Waals surface area contributed by atoms with Crippen molar-refractivity contribution in [1.82, 2.24) is 5.32 Å². The van der Waals surface area contributed by atoms with Crippen LogP contribution in [0.25, 0.3) is 0 Å². The number of non-ortho nitro benzene ring substituents is 1. The van der Waals surface area contributed by atoms with Gasteiger partial charge < -0.3 is 15.2 Å². The highest BCUT2D eigenvalue weighted by Gasteiger charge is 2.33. The number of ether oxygens (including phenoxy) is 1. The first-order valence-electron chi connectivity index (χ1n) is 9.27. The zero-order valence-electron chi connectivity index (χ0n) is 16.3. The summed E-state index contributed by atoms with van der Waals surface area (Å²) >= 11 is 0. The Kier molecular flexibility index (Phi) is 8.04. The van der Waals surface area contributed by atoms with E-state index in [2.05, 4.69) is 5.32 Å². The normalized spacial score (nSPS) is 12.4. The maximum Gasteiger partial charge on any atom is 0.326 e. The molecule has 2 N–H and O–H groups in total. The van der Waals surface area contributed by atoms with E-state index in [1.54, 1.807) is 37.3 Å². The molecule has 158 valence electrons. The third-order valence-electron chi connectivity index (χ3n) is 4.42. The molecule has 2 aromatic carbocycles. The third kappa shape index (κ3) is 6.40.